The molecule has 0 bridgehead atoms. The van der Waals surface area contributed by atoms with E-state index < -0.39 is 0 Å². The van der Waals surface area contributed by atoms with E-state index in [9.17, 15) is 9.59 Å². The van der Waals surface area contributed by atoms with Gasteiger partial charge in [-0.15, -0.1) is 0 Å². The number of amides is 1. The number of hydrogen-bond acceptors (Lipinski definition) is 5. The number of rotatable bonds is 6. The normalized spacial score (nSPS) is 37.6. The number of hydrogen-bond donors (Lipinski definition) is 1. The molecule has 1 amide bonds. The van der Waals surface area contributed by atoms with Crippen LogP contribution in [0.4, 0.5) is 4.79 Å². The Kier molecular flexibility index (Phi) is 7.29. The Morgan fingerprint density at radius 2 is 1.94 bits per heavy atom. The zero-order valence-corrected chi connectivity index (χ0v) is 22.2. The van der Waals surface area contributed by atoms with Crippen LogP contribution in [0, 0.1) is 34.5 Å². The molecule has 190 valence electrons. The van der Waals surface area contributed by atoms with Crippen LogP contribution in [0.25, 0.3) is 0 Å². The average molecular weight is 472 g/mol. The molecule has 3 saturated carbocycles. The molecule has 0 aliphatic heterocycles. The van der Waals surface area contributed by atoms with Gasteiger partial charge in [0.25, 0.3) is 0 Å². The van der Waals surface area contributed by atoms with Crippen molar-refractivity contribution in [2.75, 3.05) is 20.1 Å². The first kappa shape index (κ1) is 25.4. The number of oxime groups is 1. The van der Waals surface area contributed by atoms with Crippen molar-refractivity contribution in [1.29, 1.82) is 0 Å². The minimum atomic E-state index is -0.389. The highest BCUT2D eigenvalue weighted by Crippen LogP contribution is 2.66. The van der Waals surface area contributed by atoms with Gasteiger partial charge >= 0.3 is 6.09 Å². The Labute approximate surface area is 205 Å². The van der Waals surface area contributed by atoms with Gasteiger partial charge in [0.1, 0.15) is 0 Å². The number of nitrogens with one attached hydrogen (secondary N) is 1. The molecule has 0 aromatic heterocycles. The molecule has 3 fully saturated rings. The third kappa shape index (κ3) is 4.59. The van der Waals surface area contributed by atoms with E-state index in [0.29, 0.717) is 42.5 Å². The van der Waals surface area contributed by atoms with Gasteiger partial charge in [0.2, 0.25) is 0 Å². The molecule has 34 heavy (non-hydrogen) atoms. The van der Waals surface area contributed by atoms with Crippen LogP contribution >= 0.6 is 0 Å². The summed E-state index contributed by atoms with van der Waals surface area (Å²) < 4.78 is 0. The molecule has 0 unspecified atom stereocenters. The summed E-state index contributed by atoms with van der Waals surface area (Å²) in [7, 11) is 1.76. The van der Waals surface area contributed by atoms with Crippen LogP contribution in [-0.2, 0) is 9.63 Å². The molecular formula is C28H45N3O3. The van der Waals surface area contributed by atoms with Gasteiger partial charge in [0.15, 0.2) is 5.78 Å². The quantitative estimate of drug-likeness (QED) is 0.312. The van der Waals surface area contributed by atoms with E-state index in [2.05, 4.69) is 38.2 Å². The van der Waals surface area contributed by atoms with E-state index in [4.69, 9.17) is 4.84 Å². The van der Waals surface area contributed by atoms with E-state index in [1.54, 1.807) is 11.9 Å². The number of likely N-dealkylation sites (N-methyl/N-ethyl adjacent to an activating group) is 1. The molecule has 1 N–H and O–H groups in total. The molecule has 0 aromatic rings. The van der Waals surface area contributed by atoms with Gasteiger partial charge in [-0.2, -0.15) is 0 Å². The lowest BCUT2D eigenvalue weighted by atomic mass is 9.46. The summed E-state index contributed by atoms with van der Waals surface area (Å²) in [5.41, 5.74) is 2.83. The van der Waals surface area contributed by atoms with Gasteiger partial charge < -0.3 is 10.2 Å². The van der Waals surface area contributed by atoms with Crippen molar-refractivity contribution in [2.45, 2.75) is 92.0 Å². The molecule has 6 atom stereocenters. The van der Waals surface area contributed by atoms with Gasteiger partial charge in [-0.3, -0.25) is 9.63 Å². The van der Waals surface area contributed by atoms with Crippen molar-refractivity contribution in [3.05, 3.63) is 11.6 Å². The lowest BCUT2D eigenvalue weighted by Gasteiger charge is -2.58. The Hall–Kier alpha value is -1.69. The van der Waals surface area contributed by atoms with Crippen molar-refractivity contribution in [3.63, 3.8) is 0 Å². The first-order valence-electron chi connectivity index (χ1n) is 13.5. The highest BCUT2D eigenvalue weighted by Gasteiger charge is 2.59. The van der Waals surface area contributed by atoms with Crippen LogP contribution in [0.15, 0.2) is 16.8 Å². The van der Waals surface area contributed by atoms with Crippen LogP contribution in [0.5, 0.6) is 0 Å². The molecule has 0 heterocycles. The highest BCUT2D eigenvalue weighted by molar-refractivity contribution is 5.91. The Morgan fingerprint density at radius 3 is 2.68 bits per heavy atom. The molecule has 6 nitrogen and oxygen atoms in total. The molecule has 0 aromatic carbocycles. The Bertz CT molecular complexity index is 865. The SMILES string of the molecule is C/C(=N\OC(=O)N(C)CCNC(C)C)[C@H]1CC[C@H]2[C@@H]3CCC4=CC(=O)CC[C@]4(C)[C@H]3CC[C@]12C. The summed E-state index contributed by atoms with van der Waals surface area (Å²) >= 11 is 0. The maximum Gasteiger partial charge on any atom is 0.435 e. The number of ketones is 1. The maximum absolute atomic E-state index is 12.4. The summed E-state index contributed by atoms with van der Waals surface area (Å²) in [6, 6.07) is 0.394. The highest BCUT2D eigenvalue weighted by atomic mass is 16.7. The van der Waals surface area contributed by atoms with E-state index >= 15 is 0 Å². The van der Waals surface area contributed by atoms with Crippen molar-refractivity contribution >= 4 is 17.6 Å². The van der Waals surface area contributed by atoms with Gasteiger partial charge in [0.05, 0.1) is 5.71 Å². The van der Waals surface area contributed by atoms with Crippen molar-refractivity contribution in [2.24, 2.45) is 39.7 Å². The zero-order chi connectivity index (χ0) is 24.7. The second kappa shape index (κ2) is 9.75. The minimum absolute atomic E-state index is 0.212. The molecule has 4 rings (SSSR count). The fourth-order valence-electron chi connectivity index (χ4n) is 8.10. The molecule has 4 aliphatic rings. The monoisotopic (exact) mass is 471 g/mol. The number of nitrogens with zero attached hydrogens (tertiary/aromatic N) is 2. The predicted octanol–water partition coefficient (Wildman–Crippen LogP) is 5.58. The number of carbonyl (C=O) groups excluding carboxylic acids is 2. The lowest BCUT2D eigenvalue weighted by molar-refractivity contribution is -0.117. The summed E-state index contributed by atoms with van der Waals surface area (Å²) in [6.45, 7) is 12.5. The number of allylic oxidation sites excluding steroid dienone is 1. The second-order valence-corrected chi connectivity index (χ2v) is 12.3. The first-order valence-corrected chi connectivity index (χ1v) is 13.5. The summed E-state index contributed by atoms with van der Waals surface area (Å²) in [6.07, 6.45) is 10.4. The van der Waals surface area contributed by atoms with E-state index in [-0.39, 0.29) is 16.9 Å². The predicted molar refractivity (Wildman–Crippen MR) is 136 cm³/mol. The van der Waals surface area contributed by atoms with E-state index in [0.717, 1.165) is 37.4 Å². The summed E-state index contributed by atoms with van der Waals surface area (Å²) in [5.74, 6) is 2.82. The van der Waals surface area contributed by atoms with Crippen molar-refractivity contribution in [1.82, 2.24) is 10.2 Å². The largest absolute Gasteiger partial charge is 0.435 e. The Balaban J connectivity index is 1.41. The first-order chi connectivity index (χ1) is 16.1. The third-order valence-electron chi connectivity index (χ3n) is 10.0. The van der Waals surface area contributed by atoms with Gasteiger partial charge in [-0.25, -0.2) is 4.79 Å². The molecule has 0 saturated heterocycles. The maximum atomic E-state index is 12.4. The molecule has 0 spiro atoms. The molecule has 6 heteroatoms. The van der Waals surface area contributed by atoms with Crippen molar-refractivity contribution < 1.29 is 14.4 Å². The van der Waals surface area contributed by atoms with Crippen molar-refractivity contribution in [3.8, 4) is 0 Å². The van der Waals surface area contributed by atoms with E-state index in [1.807, 2.05) is 13.0 Å². The Morgan fingerprint density at radius 1 is 1.18 bits per heavy atom. The van der Waals surface area contributed by atoms with Crippen LogP contribution < -0.4 is 5.32 Å². The van der Waals surface area contributed by atoms with Crippen LogP contribution in [0.2, 0.25) is 0 Å². The fraction of sp³-hybridized carbons (Fsp3) is 0.821. The van der Waals surface area contributed by atoms with Gasteiger partial charge in [-0.05, 0) is 86.5 Å². The van der Waals surface area contributed by atoms with Gasteiger partial charge in [0, 0.05) is 38.5 Å². The summed E-state index contributed by atoms with van der Waals surface area (Å²) in [5, 5.41) is 7.67. The molecule has 0 radical (unpaired) electrons. The topological polar surface area (TPSA) is 71.0 Å². The fourth-order valence-corrected chi connectivity index (χ4v) is 8.10. The van der Waals surface area contributed by atoms with E-state index in [1.165, 1.54) is 31.3 Å². The molecular weight excluding hydrogens is 426 g/mol. The summed E-state index contributed by atoms with van der Waals surface area (Å²) in [4.78, 5) is 31.4. The second-order valence-electron chi connectivity index (χ2n) is 12.3. The average Bonchev–Trinajstić information content (AvgIpc) is 3.14. The smallest absolute Gasteiger partial charge is 0.313 e. The third-order valence-corrected chi connectivity index (χ3v) is 10.0. The number of carbonyl (C=O) groups is 2. The zero-order valence-electron chi connectivity index (χ0n) is 22.2. The van der Waals surface area contributed by atoms with Crippen LogP contribution in [0.1, 0.15) is 86.0 Å². The van der Waals surface area contributed by atoms with Crippen LogP contribution in [-0.4, -0.2) is 48.7 Å². The minimum Gasteiger partial charge on any atom is -0.313 e. The molecule has 4 aliphatic carbocycles. The van der Waals surface area contributed by atoms with Crippen LogP contribution in [0.3, 0.4) is 0 Å². The standard InChI is InChI=1S/C28H45N3O3/c1-18(2)29-15-16-31(6)26(33)34-30-19(3)23-9-10-24-22-8-7-20-17-21(32)11-13-27(20,4)25(22)12-14-28(23,24)5/h17-18,22-25,29H,7-16H2,1-6H3/b30-19+/t22-,23+,24-,25-,27-,28+/m0/s1. The lowest BCUT2D eigenvalue weighted by Crippen LogP contribution is -2.51. The number of fused-ring (bicyclic) bond motifs is 5. The van der Waals surface area contributed by atoms with Gasteiger partial charge in [-0.1, -0.05) is 38.4 Å².